The maximum Gasteiger partial charge on any atom is 0.419 e. The summed E-state index contributed by atoms with van der Waals surface area (Å²) >= 11 is 0. The highest BCUT2D eigenvalue weighted by Gasteiger charge is 2.36. The summed E-state index contributed by atoms with van der Waals surface area (Å²) in [5.74, 6) is -0.694. The number of carbonyl (C=O) groups is 1. The Morgan fingerprint density at radius 1 is 1.39 bits per heavy atom. The van der Waals surface area contributed by atoms with Crippen molar-refractivity contribution >= 4 is 5.91 Å². The van der Waals surface area contributed by atoms with E-state index in [0.29, 0.717) is 13.0 Å². The number of hydrogen-bond donors (Lipinski definition) is 1. The van der Waals surface area contributed by atoms with Crippen LogP contribution >= 0.6 is 0 Å². The van der Waals surface area contributed by atoms with E-state index < -0.39 is 29.9 Å². The second-order valence-corrected chi connectivity index (χ2v) is 5.87. The molecule has 1 N–H and O–H groups in total. The van der Waals surface area contributed by atoms with Gasteiger partial charge in [0.15, 0.2) is 6.10 Å². The standard InChI is InChI=1S/C16H20F3NO3/c1-10-7-8-20(9-13(10)21)15(22)11(2)23-14-6-4-3-5-12(14)16(17,18)19/h3-6,10-11,13,21H,7-9H2,1-2H3. The third kappa shape index (κ3) is 4.16. The van der Waals surface area contributed by atoms with Crippen LogP contribution in [-0.2, 0) is 11.0 Å². The van der Waals surface area contributed by atoms with E-state index in [2.05, 4.69) is 0 Å². The zero-order chi connectivity index (χ0) is 17.2. The number of aliphatic hydroxyl groups excluding tert-OH is 1. The average Bonchev–Trinajstić information content (AvgIpc) is 2.48. The predicted molar refractivity (Wildman–Crippen MR) is 77.9 cm³/mol. The van der Waals surface area contributed by atoms with Gasteiger partial charge in [-0.1, -0.05) is 19.1 Å². The number of aliphatic hydroxyl groups is 1. The molecule has 4 nitrogen and oxygen atoms in total. The van der Waals surface area contributed by atoms with E-state index >= 15 is 0 Å². The maximum absolute atomic E-state index is 12.9. The van der Waals surface area contributed by atoms with Crippen LogP contribution in [0.4, 0.5) is 13.2 Å². The van der Waals surface area contributed by atoms with E-state index in [4.69, 9.17) is 4.74 Å². The van der Waals surface area contributed by atoms with E-state index in [1.54, 1.807) is 0 Å². The van der Waals surface area contributed by atoms with Crippen LogP contribution in [0.2, 0.25) is 0 Å². The van der Waals surface area contributed by atoms with Gasteiger partial charge in [0.1, 0.15) is 5.75 Å². The van der Waals surface area contributed by atoms with Gasteiger partial charge in [0.2, 0.25) is 0 Å². The van der Waals surface area contributed by atoms with E-state index in [1.165, 1.54) is 30.0 Å². The van der Waals surface area contributed by atoms with Crippen molar-refractivity contribution in [3.63, 3.8) is 0 Å². The molecular formula is C16H20F3NO3. The van der Waals surface area contributed by atoms with Crippen molar-refractivity contribution in [3.8, 4) is 5.75 Å². The lowest BCUT2D eigenvalue weighted by atomic mass is 9.96. The molecule has 1 aromatic carbocycles. The molecule has 0 radical (unpaired) electrons. The molecule has 7 heteroatoms. The fourth-order valence-corrected chi connectivity index (χ4v) is 2.55. The molecular weight excluding hydrogens is 311 g/mol. The fourth-order valence-electron chi connectivity index (χ4n) is 2.55. The number of ether oxygens (including phenoxy) is 1. The first-order valence-corrected chi connectivity index (χ1v) is 7.50. The number of nitrogens with zero attached hydrogens (tertiary/aromatic N) is 1. The third-order valence-electron chi connectivity index (χ3n) is 4.07. The molecule has 3 atom stereocenters. The molecule has 0 aliphatic carbocycles. The van der Waals surface area contributed by atoms with Crippen molar-refractivity contribution in [1.82, 2.24) is 4.90 Å². The van der Waals surface area contributed by atoms with Gasteiger partial charge >= 0.3 is 6.18 Å². The number of benzene rings is 1. The zero-order valence-electron chi connectivity index (χ0n) is 13.0. The van der Waals surface area contributed by atoms with Gasteiger partial charge in [-0.05, 0) is 31.4 Å². The summed E-state index contributed by atoms with van der Waals surface area (Å²) in [5, 5.41) is 9.84. The van der Waals surface area contributed by atoms with Gasteiger partial charge < -0.3 is 14.7 Å². The molecule has 0 aromatic heterocycles. The number of β-amino-alcohol motifs (C(OH)–C–C–N with tert-alkyl or cyclic N) is 1. The van der Waals surface area contributed by atoms with Crippen LogP contribution in [-0.4, -0.2) is 41.2 Å². The predicted octanol–water partition coefficient (Wildman–Crippen LogP) is 2.70. The number of amides is 1. The Bertz CT molecular complexity index is 562. The van der Waals surface area contributed by atoms with Crippen molar-refractivity contribution in [2.24, 2.45) is 5.92 Å². The number of alkyl halides is 3. The van der Waals surface area contributed by atoms with Gasteiger partial charge in [0.05, 0.1) is 11.7 Å². The molecule has 128 valence electrons. The summed E-state index contributed by atoms with van der Waals surface area (Å²) in [5.41, 5.74) is -0.910. The summed E-state index contributed by atoms with van der Waals surface area (Å²) in [4.78, 5) is 13.8. The number of halogens is 3. The highest BCUT2D eigenvalue weighted by Crippen LogP contribution is 2.36. The second kappa shape index (κ2) is 6.78. The van der Waals surface area contributed by atoms with Crippen molar-refractivity contribution < 1.29 is 27.8 Å². The van der Waals surface area contributed by atoms with Crippen LogP contribution < -0.4 is 4.74 Å². The molecule has 3 unspecified atom stereocenters. The number of para-hydroxylation sites is 1. The van der Waals surface area contributed by atoms with Gasteiger partial charge in [-0.2, -0.15) is 13.2 Å². The Morgan fingerprint density at radius 3 is 2.65 bits per heavy atom. The number of hydrogen-bond acceptors (Lipinski definition) is 3. The number of carbonyl (C=O) groups excluding carboxylic acids is 1. The Hall–Kier alpha value is -1.76. The van der Waals surface area contributed by atoms with Gasteiger partial charge in [0.25, 0.3) is 5.91 Å². The highest BCUT2D eigenvalue weighted by atomic mass is 19.4. The maximum atomic E-state index is 12.9. The van der Waals surface area contributed by atoms with Crippen LogP contribution in [0.5, 0.6) is 5.75 Å². The lowest BCUT2D eigenvalue weighted by molar-refractivity contribution is -0.145. The highest BCUT2D eigenvalue weighted by molar-refractivity contribution is 5.81. The third-order valence-corrected chi connectivity index (χ3v) is 4.07. The lowest BCUT2D eigenvalue weighted by Crippen LogP contribution is -2.49. The van der Waals surface area contributed by atoms with Crippen LogP contribution in [0.3, 0.4) is 0 Å². The zero-order valence-corrected chi connectivity index (χ0v) is 13.0. The molecule has 1 amide bonds. The molecule has 1 saturated heterocycles. The molecule has 1 fully saturated rings. The average molecular weight is 331 g/mol. The fraction of sp³-hybridized carbons (Fsp3) is 0.562. The first kappa shape index (κ1) is 17.6. The molecule has 1 aromatic rings. The summed E-state index contributed by atoms with van der Waals surface area (Å²) in [6.45, 7) is 3.95. The number of likely N-dealkylation sites (tertiary alicyclic amines) is 1. The first-order chi connectivity index (χ1) is 10.7. The summed E-state index contributed by atoms with van der Waals surface area (Å²) < 4.78 is 44.1. The molecule has 1 heterocycles. The minimum absolute atomic E-state index is 0.0984. The Kier molecular flexibility index (Phi) is 5.19. The Labute approximate surface area is 132 Å². The Morgan fingerprint density at radius 2 is 2.04 bits per heavy atom. The number of piperidine rings is 1. The number of rotatable bonds is 3. The topological polar surface area (TPSA) is 49.8 Å². The first-order valence-electron chi connectivity index (χ1n) is 7.50. The van der Waals surface area contributed by atoms with Gasteiger partial charge in [-0.25, -0.2) is 0 Å². The second-order valence-electron chi connectivity index (χ2n) is 5.87. The SMILES string of the molecule is CC(Oc1ccccc1C(F)(F)F)C(=O)N1CCC(C)C(O)C1. The molecule has 1 aliphatic heterocycles. The normalized spacial score (nSPS) is 23.5. The summed E-state index contributed by atoms with van der Waals surface area (Å²) in [6, 6.07) is 4.80. The molecule has 0 bridgehead atoms. The van der Waals surface area contributed by atoms with E-state index in [0.717, 1.165) is 6.07 Å². The largest absolute Gasteiger partial charge is 0.480 e. The van der Waals surface area contributed by atoms with Gasteiger partial charge in [0, 0.05) is 13.1 Å². The van der Waals surface area contributed by atoms with Gasteiger partial charge in [-0.3, -0.25) is 4.79 Å². The van der Waals surface area contributed by atoms with Crippen molar-refractivity contribution in [2.45, 2.75) is 38.7 Å². The van der Waals surface area contributed by atoms with Gasteiger partial charge in [-0.15, -0.1) is 0 Å². The van der Waals surface area contributed by atoms with E-state index in [9.17, 15) is 23.1 Å². The molecule has 0 saturated carbocycles. The van der Waals surface area contributed by atoms with Crippen LogP contribution in [0.15, 0.2) is 24.3 Å². The molecule has 0 spiro atoms. The van der Waals surface area contributed by atoms with Crippen molar-refractivity contribution in [3.05, 3.63) is 29.8 Å². The van der Waals surface area contributed by atoms with E-state index in [-0.39, 0.29) is 18.2 Å². The monoisotopic (exact) mass is 331 g/mol. The lowest BCUT2D eigenvalue weighted by Gasteiger charge is -2.35. The molecule has 23 heavy (non-hydrogen) atoms. The van der Waals surface area contributed by atoms with Crippen LogP contribution in [0.1, 0.15) is 25.8 Å². The smallest absolute Gasteiger partial charge is 0.419 e. The Balaban J connectivity index is 2.08. The summed E-state index contributed by atoms with van der Waals surface area (Å²) in [6.07, 6.45) is -5.57. The van der Waals surface area contributed by atoms with Crippen LogP contribution in [0.25, 0.3) is 0 Å². The molecule has 2 rings (SSSR count). The van der Waals surface area contributed by atoms with E-state index in [1.807, 2.05) is 6.92 Å². The van der Waals surface area contributed by atoms with Crippen LogP contribution in [0, 0.1) is 5.92 Å². The van der Waals surface area contributed by atoms with Crippen molar-refractivity contribution in [1.29, 1.82) is 0 Å². The summed E-state index contributed by atoms with van der Waals surface area (Å²) in [7, 11) is 0. The quantitative estimate of drug-likeness (QED) is 0.926. The van der Waals surface area contributed by atoms with Crippen molar-refractivity contribution in [2.75, 3.05) is 13.1 Å². The molecule has 1 aliphatic rings. The minimum Gasteiger partial charge on any atom is -0.480 e. The minimum atomic E-state index is -4.55.